The van der Waals surface area contributed by atoms with E-state index in [9.17, 15) is 0 Å². The summed E-state index contributed by atoms with van der Waals surface area (Å²) < 4.78 is 0. The molecule has 1 N–H and O–H groups in total. The zero-order valence-electron chi connectivity index (χ0n) is 9.96. The molecule has 82 valence electrons. The van der Waals surface area contributed by atoms with Crippen molar-refractivity contribution in [3.05, 3.63) is 35.5 Å². The molecule has 0 aliphatic rings. The molecular weight excluding hydrogens is 196 g/mol. The number of aromatic nitrogens is 1. The smallest absolute Gasteiger partial charge is 0.101 e. The molecule has 1 aromatic heterocycles. The predicted octanol–water partition coefficient (Wildman–Crippen LogP) is 3.73. The molecule has 16 heavy (non-hydrogen) atoms. The van der Waals surface area contributed by atoms with Gasteiger partial charge in [0, 0.05) is 17.1 Å². The van der Waals surface area contributed by atoms with Gasteiger partial charge in [0.2, 0.25) is 0 Å². The van der Waals surface area contributed by atoms with Gasteiger partial charge >= 0.3 is 0 Å². The summed E-state index contributed by atoms with van der Waals surface area (Å²) in [4.78, 5) is 3.15. The van der Waals surface area contributed by atoms with Crippen molar-refractivity contribution in [2.24, 2.45) is 0 Å². The highest BCUT2D eigenvalue weighted by Gasteiger charge is 2.18. The second kappa shape index (κ2) is 3.68. The molecule has 2 rings (SSSR count). The van der Waals surface area contributed by atoms with Crippen molar-refractivity contribution in [1.82, 2.24) is 4.98 Å². The highest BCUT2D eigenvalue weighted by molar-refractivity contribution is 5.86. The fraction of sp³-hybridized carbons (Fsp3) is 0.357. The fourth-order valence-electron chi connectivity index (χ4n) is 1.84. The number of nitrogens with one attached hydrogen (secondary N) is 1. The molecule has 0 aliphatic heterocycles. The van der Waals surface area contributed by atoms with E-state index >= 15 is 0 Å². The summed E-state index contributed by atoms with van der Waals surface area (Å²) in [5.74, 6) is 0. The molecule has 2 nitrogen and oxygen atoms in total. The lowest BCUT2D eigenvalue weighted by Crippen LogP contribution is -2.15. The Labute approximate surface area is 95.9 Å². The van der Waals surface area contributed by atoms with Crippen molar-refractivity contribution in [3.63, 3.8) is 0 Å². The van der Waals surface area contributed by atoms with E-state index in [1.165, 1.54) is 5.56 Å². The third-order valence-corrected chi connectivity index (χ3v) is 3.47. The highest BCUT2D eigenvalue weighted by Crippen LogP contribution is 2.29. The first-order valence-electron chi connectivity index (χ1n) is 5.60. The third-order valence-electron chi connectivity index (χ3n) is 3.47. The Morgan fingerprint density at radius 1 is 1.38 bits per heavy atom. The Kier molecular flexibility index (Phi) is 2.47. The summed E-state index contributed by atoms with van der Waals surface area (Å²) in [6.45, 7) is 6.67. The maximum absolute atomic E-state index is 8.93. The maximum Gasteiger partial charge on any atom is 0.101 e. The molecule has 0 unspecified atom stereocenters. The number of rotatable bonds is 2. The van der Waals surface area contributed by atoms with Gasteiger partial charge in [0.1, 0.15) is 6.07 Å². The van der Waals surface area contributed by atoms with E-state index in [0.717, 1.165) is 22.9 Å². The van der Waals surface area contributed by atoms with Gasteiger partial charge in [-0.2, -0.15) is 5.26 Å². The Morgan fingerprint density at radius 3 is 2.75 bits per heavy atom. The number of fused-ring (bicyclic) bond motifs is 1. The van der Waals surface area contributed by atoms with Crippen molar-refractivity contribution >= 4 is 10.9 Å². The number of nitrogens with zero attached hydrogens (tertiary/aromatic N) is 1. The van der Waals surface area contributed by atoms with Crippen LogP contribution in [0.15, 0.2) is 24.4 Å². The molecule has 2 aromatic rings. The fourth-order valence-corrected chi connectivity index (χ4v) is 1.84. The Balaban J connectivity index is 2.59. The standard InChI is InChI=1S/C14H16N2/c1-4-14(2,3)11-5-6-12-10(8-15)9-16-13(12)7-11/h5-7,9,16H,4H2,1-3H3. The molecule has 0 atom stereocenters. The number of aromatic amines is 1. The van der Waals surface area contributed by atoms with Crippen molar-refractivity contribution in [3.8, 4) is 6.07 Å². The number of nitriles is 1. The molecule has 1 heterocycles. The molecule has 0 radical (unpaired) electrons. The molecule has 1 aromatic carbocycles. The van der Waals surface area contributed by atoms with Crippen LogP contribution in [0.2, 0.25) is 0 Å². The minimum atomic E-state index is 0.187. The number of benzene rings is 1. The largest absolute Gasteiger partial charge is 0.360 e. The molecule has 0 saturated carbocycles. The van der Waals surface area contributed by atoms with E-state index in [2.05, 4.69) is 44.0 Å². The minimum Gasteiger partial charge on any atom is -0.360 e. The monoisotopic (exact) mass is 212 g/mol. The predicted molar refractivity (Wildman–Crippen MR) is 66.3 cm³/mol. The molecule has 0 saturated heterocycles. The molecular formula is C14H16N2. The summed E-state index contributed by atoms with van der Waals surface area (Å²) in [6.07, 6.45) is 2.87. The summed E-state index contributed by atoms with van der Waals surface area (Å²) in [5.41, 5.74) is 3.27. The number of H-pyrrole nitrogens is 1. The van der Waals surface area contributed by atoms with E-state index in [4.69, 9.17) is 5.26 Å². The number of hydrogen-bond donors (Lipinski definition) is 1. The Bertz CT molecular complexity index is 556. The number of hydrogen-bond acceptors (Lipinski definition) is 1. The SMILES string of the molecule is CCC(C)(C)c1ccc2c(C#N)c[nH]c2c1. The average Bonchev–Trinajstić information content (AvgIpc) is 2.70. The molecule has 0 spiro atoms. The van der Waals surface area contributed by atoms with Crippen molar-refractivity contribution < 1.29 is 0 Å². The molecule has 2 heteroatoms. The zero-order chi connectivity index (χ0) is 11.8. The van der Waals surface area contributed by atoms with E-state index in [0.29, 0.717) is 0 Å². The Hall–Kier alpha value is -1.75. The van der Waals surface area contributed by atoms with Gasteiger partial charge in [0.25, 0.3) is 0 Å². The van der Waals surface area contributed by atoms with E-state index in [1.54, 1.807) is 6.20 Å². The average molecular weight is 212 g/mol. The summed E-state index contributed by atoms with van der Waals surface area (Å²) in [5, 5.41) is 9.94. The van der Waals surface area contributed by atoms with Crippen LogP contribution in [0.25, 0.3) is 10.9 Å². The first-order valence-corrected chi connectivity index (χ1v) is 5.60. The quantitative estimate of drug-likeness (QED) is 0.809. The lowest BCUT2D eigenvalue weighted by Gasteiger charge is -2.23. The lowest BCUT2D eigenvalue weighted by atomic mass is 9.82. The lowest BCUT2D eigenvalue weighted by molar-refractivity contribution is 0.507. The van der Waals surface area contributed by atoms with Crippen LogP contribution in [0.3, 0.4) is 0 Å². The van der Waals surface area contributed by atoms with E-state index in [-0.39, 0.29) is 5.41 Å². The third kappa shape index (κ3) is 1.59. The summed E-state index contributed by atoms with van der Waals surface area (Å²) >= 11 is 0. The van der Waals surface area contributed by atoms with E-state index in [1.807, 2.05) is 6.07 Å². The highest BCUT2D eigenvalue weighted by atomic mass is 14.7. The second-order valence-corrected chi connectivity index (χ2v) is 4.81. The van der Waals surface area contributed by atoms with Crippen LogP contribution in [0.5, 0.6) is 0 Å². The van der Waals surface area contributed by atoms with Crippen LogP contribution < -0.4 is 0 Å². The topological polar surface area (TPSA) is 39.6 Å². The normalized spacial score (nSPS) is 11.6. The summed E-state index contributed by atoms with van der Waals surface area (Å²) in [6, 6.07) is 8.51. The van der Waals surface area contributed by atoms with Gasteiger partial charge in [-0.25, -0.2) is 0 Å². The van der Waals surface area contributed by atoms with Crippen LogP contribution >= 0.6 is 0 Å². The minimum absolute atomic E-state index is 0.187. The second-order valence-electron chi connectivity index (χ2n) is 4.81. The molecule has 0 aliphatic carbocycles. The van der Waals surface area contributed by atoms with Gasteiger partial charge in [-0.15, -0.1) is 0 Å². The van der Waals surface area contributed by atoms with Gasteiger partial charge in [-0.05, 0) is 23.5 Å². The van der Waals surface area contributed by atoms with Crippen LogP contribution in [-0.4, -0.2) is 4.98 Å². The van der Waals surface area contributed by atoms with Crippen molar-refractivity contribution in [1.29, 1.82) is 5.26 Å². The first kappa shape index (κ1) is 10.8. The van der Waals surface area contributed by atoms with Crippen LogP contribution in [0.4, 0.5) is 0 Å². The van der Waals surface area contributed by atoms with Crippen LogP contribution in [0.1, 0.15) is 38.3 Å². The first-order chi connectivity index (χ1) is 7.58. The van der Waals surface area contributed by atoms with Gasteiger partial charge in [0.05, 0.1) is 5.56 Å². The molecule has 0 amide bonds. The van der Waals surface area contributed by atoms with Gasteiger partial charge < -0.3 is 4.98 Å². The van der Waals surface area contributed by atoms with Crippen LogP contribution in [-0.2, 0) is 5.41 Å². The van der Waals surface area contributed by atoms with Gasteiger partial charge in [0.15, 0.2) is 0 Å². The van der Waals surface area contributed by atoms with Crippen molar-refractivity contribution in [2.45, 2.75) is 32.6 Å². The zero-order valence-corrected chi connectivity index (χ0v) is 9.96. The van der Waals surface area contributed by atoms with Gasteiger partial charge in [-0.1, -0.05) is 32.9 Å². The van der Waals surface area contributed by atoms with Crippen molar-refractivity contribution in [2.75, 3.05) is 0 Å². The summed E-state index contributed by atoms with van der Waals surface area (Å²) in [7, 11) is 0. The molecule has 0 bridgehead atoms. The van der Waals surface area contributed by atoms with E-state index < -0.39 is 0 Å². The Morgan fingerprint density at radius 2 is 2.12 bits per heavy atom. The maximum atomic E-state index is 8.93. The molecule has 0 fully saturated rings. The van der Waals surface area contributed by atoms with Crippen LogP contribution in [0, 0.1) is 11.3 Å². The van der Waals surface area contributed by atoms with Gasteiger partial charge in [-0.3, -0.25) is 0 Å².